The van der Waals surface area contributed by atoms with E-state index in [2.05, 4.69) is 5.11 Å². The van der Waals surface area contributed by atoms with Crippen LogP contribution in [-0.2, 0) is 11.2 Å². The van der Waals surface area contributed by atoms with Crippen molar-refractivity contribution in [2.24, 2.45) is 5.11 Å². The topological polar surface area (TPSA) is 73.5 Å². The Morgan fingerprint density at radius 2 is 2.08 bits per heavy atom. The molecule has 0 aliphatic heterocycles. The lowest BCUT2D eigenvalue weighted by molar-refractivity contribution is -0.138. The van der Waals surface area contributed by atoms with Gasteiger partial charge < -0.3 is 5.11 Å². The summed E-state index contributed by atoms with van der Waals surface area (Å²) in [6.45, 7) is 0. The molecule has 1 aromatic carbocycles. The van der Waals surface area contributed by atoms with E-state index >= 15 is 0 Å². The highest BCUT2D eigenvalue weighted by Crippen LogP contribution is 2.05. The number of nitrogens with zero attached hydrogens (tertiary/aromatic N) is 1. The van der Waals surface area contributed by atoms with E-state index in [0.717, 1.165) is 5.56 Å². The molecule has 0 radical (unpaired) electrons. The monoisotopic (exact) mass is 178 g/mol. The van der Waals surface area contributed by atoms with Crippen LogP contribution in [0.4, 0.5) is 0 Å². The molecule has 4 heteroatoms. The first-order valence-electron chi connectivity index (χ1n) is 3.87. The molecule has 0 bridgehead atoms. The molecule has 1 rings (SSSR count). The molecule has 0 amide bonds. The Morgan fingerprint density at radius 1 is 1.46 bits per heavy atom. The maximum Gasteiger partial charge on any atom is 0.330 e. The first-order valence-corrected chi connectivity index (χ1v) is 3.87. The number of nitrogens with one attached hydrogen (secondary N) is 1. The Morgan fingerprint density at radius 3 is 2.54 bits per heavy atom. The SMILES string of the molecule is N=N[C@@H](Cc1ccccc1)C(=O)O. The fraction of sp³-hybridized carbons (Fsp3) is 0.222. The van der Waals surface area contributed by atoms with Crippen LogP contribution in [0.2, 0.25) is 0 Å². The summed E-state index contributed by atoms with van der Waals surface area (Å²) in [5.74, 6) is -1.06. The van der Waals surface area contributed by atoms with Crippen LogP contribution in [-0.4, -0.2) is 17.1 Å². The maximum absolute atomic E-state index is 10.5. The zero-order chi connectivity index (χ0) is 9.68. The van der Waals surface area contributed by atoms with Gasteiger partial charge in [0.05, 0.1) is 0 Å². The van der Waals surface area contributed by atoms with Crippen molar-refractivity contribution in [1.82, 2.24) is 0 Å². The van der Waals surface area contributed by atoms with Crippen LogP contribution in [0.1, 0.15) is 5.56 Å². The first kappa shape index (κ1) is 9.38. The molecule has 0 saturated carbocycles. The molecule has 0 saturated heterocycles. The molecular weight excluding hydrogens is 168 g/mol. The van der Waals surface area contributed by atoms with Crippen LogP contribution in [0.5, 0.6) is 0 Å². The van der Waals surface area contributed by atoms with Gasteiger partial charge in [-0.2, -0.15) is 5.11 Å². The van der Waals surface area contributed by atoms with Gasteiger partial charge in [0.25, 0.3) is 0 Å². The van der Waals surface area contributed by atoms with Crippen molar-refractivity contribution in [3.63, 3.8) is 0 Å². The van der Waals surface area contributed by atoms with Gasteiger partial charge in [-0.25, -0.2) is 10.3 Å². The third kappa shape index (κ3) is 2.66. The summed E-state index contributed by atoms with van der Waals surface area (Å²) >= 11 is 0. The van der Waals surface area contributed by atoms with Gasteiger partial charge in [-0.05, 0) is 5.56 Å². The van der Waals surface area contributed by atoms with E-state index in [9.17, 15) is 4.79 Å². The predicted octanol–water partition coefficient (Wildman–Crippen LogP) is 1.71. The minimum Gasteiger partial charge on any atom is -0.480 e. The van der Waals surface area contributed by atoms with Gasteiger partial charge in [-0.15, -0.1) is 0 Å². The minimum atomic E-state index is -1.06. The van der Waals surface area contributed by atoms with Crippen LogP contribution in [0.25, 0.3) is 0 Å². The van der Waals surface area contributed by atoms with Gasteiger partial charge in [0.15, 0.2) is 6.04 Å². The van der Waals surface area contributed by atoms with Gasteiger partial charge in [0.1, 0.15) is 0 Å². The zero-order valence-electron chi connectivity index (χ0n) is 6.97. The summed E-state index contributed by atoms with van der Waals surface area (Å²) in [4.78, 5) is 10.5. The number of hydrogen-bond acceptors (Lipinski definition) is 3. The van der Waals surface area contributed by atoms with Crippen molar-refractivity contribution in [2.45, 2.75) is 12.5 Å². The average molecular weight is 178 g/mol. The molecule has 13 heavy (non-hydrogen) atoms. The molecule has 2 N–H and O–H groups in total. The molecule has 0 aliphatic rings. The van der Waals surface area contributed by atoms with Crippen molar-refractivity contribution in [3.8, 4) is 0 Å². The lowest BCUT2D eigenvalue weighted by Crippen LogP contribution is -2.19. The number of benzene rings is 1. The fourth-order valence-electron chi connectivity index (χ4n) is 1.03. The summed E-state index contributed by atoms with van der Waals surface area (Å²) in [5.41, 5.74) is 7.56. The Labute approximate surface area is 75.7 Å². The number of carbonyl (C=O) groups is 1. The lowest BCUT2D eigenvalue weighted by Gasteiger charge is -2.04. The average Bonchev–Trinajstić information content (AvgIpc) is 2.15. The van der Waals surface area contributed by atoms with Crippen LogP contribution in [0.3, 0.4) is 0 Å². The molecule has 0 spiro atoms. The van der Waals surface area contributed by atoms with Crippen LogP contribution < -0.4 is 0 Å². The predicted molar refractivity (Wildman–Crippen MR) is 46.7 cm³/mol. The standard InChI is InChI=1S/C9H10N2O2/c10-11-8(9(12)13)6-7-4-2-1-3-5-7/h1-5,8,10H,6H2,(H,12,13)/t8-/m0/s1. The molecule has 1 atom stereocenters. The molecule has 0 heterocycles. The van der Waals surface area contributed by atoms with Crippen molar-refractivity contribution >= 4 is 5.97 Å². The minimum absolute atomic E-state index is 0.277. The summed E-state index contributed by atoms with van der Waals surface area (Å²) in [7, 11) is 0. The van der Waals surface area contributed by atoms with Crippen molar-refractivity contribution < 1.29 is 9.90 Å². The largest absolute Gasteiger partial charge is 0.480 e. The second-order valence-corrected chi connectivity index (χ2v) is 2.67. The van der Waals surface area contributed by atoms with Crippen LogP contribution >= 0.6 is 0 Å². The van der Waals surface area contributed by atoms with Gasteiger partial charge in [0, 0.05) is 6.42 Å². The lowest BCUT2D eigenvalue weighted by atomic mass is 10.1. The van der Waals surface area contributed by atoms with Crippen molar-refractivity contribution in [2.75, 3.05) is 0 Å². The van der Waals surface area contributed by atoms with Gasteiger partial charge in [-0.3, -0.25) is 0 Å². The van der Waals surface area contributed by atoms with Crippen molar-refractivity contribution in [3.05, 3.63) is 35.9 Å². The van der Waals surface area contributed by atoms with E-state index in [-0.39, 0.29) is 6.42 Å². The zero-order valence-corrected chi connectivity index (χ0v) is 6.97. The number of carboxylic acid groups (broad SMARTS) is 1. The molecule has 0 unspecified atom stereocenters. The van der Waals surface area contributed by atoms with Gasteiger partial charge in [0.2, 0.25) is 0 Å². The third-order valence-electron chi connectivity index (χ3n) is 1.71. The summed E-state index contributed by atoms with van der Waals surface area (Å²) in [6.07, 6.45) is 0.277. The van der Waals surface area contributed by atoms with E-state index in [1.807, 2.05) is 30.3 Å². The molecule has 0 aromatic heterocycles. The Bertz CT molecular complexity index is 298. The molecular formula is C9H10N2O2. The van der Waals surface area contributed by atoms with E-state index in [1.54, 1.807) is 0 Å². The highest BCUT2D eigenvalue weighted by atomic mass is 16.4. The van der Waals surface area contributed by atoms with E-state index in [1.165, 1.54) is 0 Å². The normalized spacial score (nSPS) is 12.0. The quantitative estimate of drug-likeness (QED) is 0.689. The molecule has 68 valence electrons. The Kier molecular flexibility index (Phi) is 3.14. The van der Waals surface area contributed by atoms with E-state index in [0.29, 0.717) is 0 Å². The van der Waals surface area contributed by atoms with Crippen molar-refractivity contribution in [1.29, 1.82) is 5.53 Å². The number of aliphatic carboxylic acids is 1. The molecule has 1 aromatic rings. The summed E-state index contributed by atoms with van der Waals surface area (Å²) in [5, 5.41) is 11.7. The fourth-order valence-corrected chi connectivity index (χ4v) is 1.03. The molecule has 0 fully saturated rings. The number of carboxylic acids is 1. The second-order valence-electron chi connectivity index (χ2n) is 2.67. The third-order valence-corrected chi connectivity index (χ3v) is 1.71. The summed E-state index contributed by atoms with van der Waals surface area (Å²) < 4.78 is 0. The highest BCUT2D eigenvalue weighted by molar-refractivity contribution is 5.73. The highest BCUT2D eigenvalue weighted by Gasteiger charge is 2.15. The van der Waals surface area contributed by atoms with Gasteiger partial charge >= 0.3 is 5.97 Å². The maximum atomic E-state index is 10.5. The Balaban J connectivity index is 2.67. The van der Waals surface area contributed by atoms with E-state index in [4.69, 9.17) is 10.6 Å². The van der Waals surface area contributed by atoms with Crippen LogP contribution in [0, 0.1) is 5.53 Å². The van der Waals surface area contributed by atoms with Gasteiger partial charge in [-0.1, -0.05) is 30.3 Å². The van der Waals surface area contributed by atoms with Crippen LogP contribution in [0.15, 0.2) is 35.4 Å². The second kappa shape index (κ2) is 4.35. The molecule has 0 aliphatic carbocycles. The number of hydrogen-bond donors (Lipinski definition) is 2. The first-order chi connectivity index (χ1) is 6.24. The summed E-state index contributed by atoms with van der Waals surface area (Å²) in [6, 6.07) is 8.21. The Hall–Kier alpha value is -1.71. The molecule has 4 nitrogen and oxygen atoms in total. The van der Waals surface area contributed by atoms with E-state index < -0.39 is 12.0 Å². The smallest absolute Gasteiger partial charge is 0.330 e. The number of rotatable bonds is 4.